The monoisotopic (exact) mass is 392 g/mol. The van der Waals surface area contributed by atoms with Crippen LogP contribution in [-0.4, -0.2) is 54.0 Å². The summed E-state index contributed by atoms with van der Waals surface area (Å²) in [4.78, 5) is 35.1. The standard InChI is InChI=1S/C17H20N4O7/c18-6-7-26-14-8-13(28-21-14)15(22)19-9-12(16(23)24)20-17(25)27-10-11-4-2-1-3-5-11/h1-5,8,12H,6-7,9-10,18H2,(H,19,22)(H,20,25)(H,23,24). The lowest BCUT2D eigenvalue weighted by Crippen LogP contribution is -2.48. The van der Waals surface area contributed by atoms with Gasteiger partial charge in [-0.25, -0.2) is 9.59 Å². The number of nitrogens with zero attached hydrogens (tertiary/aromatic N) is 1. The highest BCUT2D eigenvalue weighted by Crippen LogP contribution is 2.10. The second-order valence-corrected chi connectivity index (χ2v) is 5.47. The minimum atomic E-state index is -1.40. The average Bonchev–Trinajstić information content (AvgIpc) is 3.17. The van der Waals surface area contributed by atoms with Gasteiger partial charge in [0.1, 0.15) is 19.3 Å². The van der Waals surface area contributed by atoms with Crippen molar-refractivity contribution >= 4 is 18.0 Å². The molecule has 11 heteroatoms. The number of rotatable bonds is 10. The van der Waals surface area contributed by atoms with Crippen molar-refractivity contribution in [2.75, 3.05) is 19.7 Å². The number of nitrogens with one attached hydrogen (secondary N) is 2. The summed E-state index contributed by atoms with van der Waals surface area (Å²) in [5.74, 6) is -2.17. The zero-order valence-corrected chi connectivity index (χ0v) is 14.8. The summed E-state index contributed by atoms with van der Waals surface area (Å²) in [5, 5.41) is 17.2. The lowest BCUT2D eigenvalue weighted by molar-refractivity contribution is -0.139. The van der Waals surface area contributed by atoms with Gasteiger partial charge < -0.3 is 35.5 Å². The van der Waals surface area contributed by atoms with Gasteiger partial charge in [-0.3, -0.25) is 4.79 Å². The molecule has 0 radical (unpaired) electrons. The number of aromatic nitrogens is 1. The van der Waals surface area contributed by atoms with Crippen LogP contribution in [0.15, 0.2) is 40.9 Å². The number of ether oxygens (including phenoxy) is 2. The molecule has 150 valence electrons. The summed E-state index contributed by atoms with van der Waals surface area (Å²) in [7, 11) is 0. The van der Waals surface area contributed by atoms with Crippen LogP contribution >= 0.6 is 0 Å². The molecule has 1 heterocycles. The molecule has 1 aromatic carbocycles. The number of carbonyl (C=O) groups is 3. The fourth-order valence-corrected chi connectivity index (χ4v) is 1.99. The third-order valence-corrected chi connectivity index (χ3v) is 3.35. The second-order valence-electron chi connectivity index (χ2n) is 5.47. The van der Waals surface area contributed by atoms with Gasteiger partial charge >= 0.3 is 12.1 Å². The van der Waals surface area contributed by atoms with Gasteiger partial charge in [-0.05, 0) is 10.7 Å². The number of amides is 2. The summed E-state index contributed by atoms with van der Waals surface area (Å²) in [6, 6.07) is 8.72. The molecule has 0 fully saturated rings. The maximum absolute atomic E-state index is 12.0. The topological polar surface area (TPSA) is 166 Å². The van der Waals surface area contributed by atoms with Crippen molar-refractivity contribution in [1.82, 2.24) is 15.8 Å². The number of alkyl carbamates (subject to hydrolysis) is 1. The van der Waals surface area contributed by atoms with Gasteiger partial charge in [-0.1, -0.05) is 30.3 Å². The lowest BCUT2D eigenvalue weighted by Gasteiger charge is -2.15. The number of hydrogen-bond acceptors (Lipinski definition) is 8. The SMILES string of the molecule is NCCOc1cc(C(=O)NCC(NC(=O)OCc2ccccc2)C(=O)O)on1. The number of carboxylic acids is 1. The molecule has 0 aliphatic heterocycles. The Morgan fingerprint density at radius 2 is 2.00 bits per heavy atom. The van der Waals surface area contributed by atoms with Crippen molar-refractivity contribution in [3.8, 4) is 5.88 Å². The summed E-state index contributed by atoms with van der Waals surface area (Å²) in [6.45, 7) is 0.0493. The van der Waals surface area contributed by atoms with Crippen molar-refractivity contribution in [3.05, 3.63) is 47.7 Å². The first-order chi connectivity index (χ1) is 13.5. The Kier molecular flexibility index (Phi) is 7.78. The van der Waals surface area contributed by atoms with Crippen LogP contribution in [0.1, 0.15) is 16.1 Å². The van der Waals surface area contributed by atoms with Crippen LogP contribution in [0.25, 0.3) is 0 Å². The zero-order chi connectivity index (χ0) is 20.4. The Bertz CT molecular complexity index is 794. The van der Waals surface area contributed by atoms with E-state index in [-0.39, 0.29) is 31.4 Å². The zero-order valence-electron chi connectivity index (χ0n) is 14.8. The fourth-order valence-electron chi connectivity index (χ4n) is 1.99. The summed E-state index contributed by atoms with van der Waals surface area (Å²) in [6.07, 6.45) is -0.928. The van der Waals surface area contributed by atoms with Gasteiger partial charge in [-0.2, -0.15) is 0 Å². The fraction of sp³-hybridized carbons (Fsp3) is 0.294. The third kappa shape index (κ3) is 6.61. The molecular weight excluding hydrogens is 372 g/mol. The Labute approximate surface area is 159 Å². The summed E-state index contributed by atoms with van der Waals surface area (Å²) in [5.41, 5.74) is 6.03. The van der Waals surface area contributed by atoms with Crippen LogP contribution in [0.3, 0.4) is 0 Å². The smallest absolute Gasteiger partial charge is 0.408 e. The predicted molar refractivity (Wildman–Crippen MR) is 94.6 cm³/mol. The molecule has 2 rings (SSSR count). The van der Waals surface area contributed by atoms with E-state index in [0.29, 0.717) is 0 Å². The van der Waals surface area contributed by atoms with Crippen LogP contribution in [0, 0.1) is 0 Å². The van der Waals surface area contributed by atoms with Crippen LogP contribution in [0.5, 0.6) is 5.88 Å². The van der Waals surface area contributed by atoms with Crippen molar-refractivity contribution in [2.45, 2.75) is 12.6 Å². The van der Waals surface area contributed by atoms with Crippen LogP contribution in [0.2, 0.25) is 0 Å². The second kappa shape index (κ2) is 10.5. The molecule has 2 amide bonds. The lowest BCUT2D eigenvalue weighted by atomic mass is 10.2. The molecule has 0 spiro atoms. The molecule has 0 aliphatic carbocycles. The molecule has 0 bridgehead atoms. The Morgan fingerprint density at radius 3 is 2.68 bits per heavy atom. The molecule has 0 saturated carbocycles. The highest BCUT2D eigenvalue weighted by molar-refractivity contribution is 5.92. The minimum absolute atomic E-state index is 0.0188. The Morgan fingerprint density at radius 1 is 1.25 bits per heavy atom. The van der Waals surface area contributed by atoms with Crippen LogP contribution in [-0.2, 0) is 16.1 Å². The van der Waals surface area contributed by atoms with Gasteiger partial charge in [0.15, 0.2) is 0 Å². The normalized spacial score (nSPS) is 11.3. The molecule has 1 atom stereocenters. The maximum Gasteiger partial charge on any atom is 0.408 e. The van der Waals surface area contributed by atoms with Crippen molar-refractivity contribution < 1.29 is 33.5 Å². The maximum atomic E-state index is 12.0. The predicted octanol–water partition coefficient (Wildman–Crippen LogP) is 0.122. The highest BCUT2D eigenvalue weighted by atomic mass is 16.5. The first-order valence-corrected chi connectivity index (χ1v) is 8.27. The van der Waals surface area contributed by atoms with Crippen molar-refractivity contribution in [1.29, 1.82) is 0 Å². The largest absolute Gasteiger partial charge is 0.480 e. The molecule has 0 saturated heterocycles. The van der Waals surface area contributed by atoms with E-state index >= 15 is 0 Å². The van der Waals surface area contributed by atoms with E-state index in [2.05, 4.69) is 15.8 Å². The van der Waals surface area contributed by atoms with E-state index in [1.807, 2.05) is 6.07 Å². The number of nitrogens with two attached hydrogens (primary N) is 1. The number of carboxylic acid groups (broad SMARTS) is 1. The molecule has 0 aliphatic rings. The third-order valence-electron chi connectivity index (χ3n) is 3.35. The molecular formula is C17H20N4O7. The summed E-state index contributed by atoms with van der Waals surface area (Å²) >= 11 is 0. The summed E-state index contributed by atoms with van der Waals surface area (Å²) < 4.78 is 14.8. The first-order valence-electron chi connectivity index (χ1n) is 8.27. The number of carbonyl (C=O) groups excluding carboxylic acids is 2. The van der Waals surface area contributed by atoms with Crippen LogP contribution < -0.4 is 21.1 Å². The molecule has 2 aromatic rings. The van der Waals surface area contributed by atoms with Gasteiger partial charge in [0.05, 0.1) is 6.07 Å². The van der Waals surface area contributed by atoms with E-state index in [1.54, 1.807) is 24.3 Å². The van der Waals surface area contributed by atoms with Gasteiger partial charge in [0, 0.05) is 13.1 Å². The van der Waals surface area contributed by atoms with E-state index in [9.17, 15) is 19.5 Å². The minimum Gasteiger partial charge on any atom is -0.480 e. The molecule has 1 unspecified atom stereocenters. The Balaban J connectivity index is 1.81. The molecule has 1 aromatic heterocycles. The van der Waals surface area contributed by atoms with Crippen LogP contribution in [0.4, 0.5) is 4.79 Å². The molecule has 11 nitrogen and oxygen atoms in total. The average molecular weight is 392 g/mol. The van der Waals surface area contributed by atoms with E-state index in [4.69, 9.17) is 19.7 Å². The van der Waals surface area contributed by atoms with Gasteiger partial charge in [0.25, 0.3) is 11.8 Å². The van der Waals surface area contributed by atoms with Gasteiger partial charge in [-0.15, -0.1) is 0 Å². The number of aliphatic carboxylic acids is 1. The van der Waals surface area contributed by atoms with E-state index in [0.717, 1.165) is 5.56 Å². The van der Waals surface area contributed by atoms with Crippen molar-refractivity contribution in [3.63, 3.8) is 0 Å². The quantitative estimate of drug-likeness (QED) is 0.439. The molecule has 28 heavy (non-hydrogen) atoms. The van der Waals surface area contributed by atoms with E-state index < -0.39 is 30.6 Å². The first kappa shape index (κ1) is 20.7. The Hall–Kier alpha value is -3.60. The number of hydrogen-bond donors (Lipinski definition) is 4. The number of benzene rings is 1. The van der Waals surface area contributed by atoms with E-state index in [1.165, 1.54) is 6.07 Å². The van der Waals surface area contributed by atoms with Gasteiger partial charge in [0.2, 0.25) is 5.76 Å². The van der Waals surface area contributed by atoms with Crippen molar-refractivity contribution in [2.24, 2.45) is 5.73 Å². The molecule has 5 N–H and O–H groups in total. The highest BCUT2D eigenvalue weighted by Gasteiger charge is 2.23.